The van der Waals surface area contributed by atoms with Crippen molar-refractivity contribution in [2.24, 2.45) is 62.1 Å². The summed E-state index contributed by atoms with van der Waals surface area (Å²) in [4.78, 5) is 0. The molecule has 9 atom stereocenters. The zero-order valence-corrected chi connectivity index (χ0v) is 23.2. The first-order chi connectivity index (χ1) is 14.6. The van der Waals surface area contributed by atoms with E-state index in [0.717, 1.165) is 29.6 Å². The third-order valence-corrected chi connectivity index (χ3v) is 14.7. The van der Waals surface area contributed by atoms with Gasteiger partial charge in [-0.3, -0.25) is 0 Å². The monoisotopic (exact) mass is 438 g/mol. The van der Waals surface area contributed by atoms with Gasteiger partial charge in [0, 0.05) is 0 Å². The number of hydrogen-bond acceptors (Lipinski definition) is 0. The van der Waals surface area contributed by atoms with Crippen molar-refractivity contribution in [3.8, 4) is 0 Å². The van der Waals surface area contributed by atoms with E-state index in [1.807, 2.05) is 0 Å². The molecule has 0 spiro atoms. The van der Waals surface area contributed by atoms with Crippen LogP contribution in [0.25, 0.3) is 0 Å². The van der Waals surface area contributed by atoms with Crippen LogP contribution < -0.4 is 0 Å². The molecule has 5 aliphatic rings. The van der Waals surface area contributed by atoms with Gasteiger partial charge >= 0.3 is 0 Å². The third-order valence-electron chi connectivity index (χ3n) is 14.7. The normalized spacial score (nSPS) is 55.8. The summed E-state index contributed by atoms with van der Waals surface area (Å²) in [5.74, 6) is 4.40. The van der Waals surface area contributed by atoms with Crippen LogP contribution >= 0.6 is 0 Å². The van der Waals surface area contributed by atoms with Crippen molar-refractivity contribution in [2.75, 3.05) is 0 Å². The van der Waals surface area contributed by atoms with E-state index in [1.54, 1.807) is 0 Å². The van der Waals surface area contributed by atoms with Gasteiger partial charge < -0.3 is 0 Å². The highest BCUT2D eigenvalue weighted by molar-refractivity contribution is 5.21. The Kier molecular flexibility index (Phi) is 4.91. The first kappa shape index (κ1) is 23.5. The standard InChI is InChI=1S/C32H54/c1-21(2)22-13-15-29(7)18-20-31(9)23(26(22)29)11-12-25-30(8)19-17-27(3,4)28(5,6)24(30)14-16-32(25,31)10/h22-26H,1,11-20H2,2-10H3. The highest BCUT2D eigenvalue weighted by atomic mass is 14.7. The molecule has 5 aliphatic carbocycles. The van der Waals surface area contributed by atoms with E-state index < -0.39 is 0 Å². The van der Waals surface area contributed by atoms with Gasteiger partial charge in [0.1, 0.15) is 0 Å². The minimum Gasteiger partial charge on any atom is -0.0998 e. The molecule has 0 aliphatic heterocycles. The van der Waals surface area contributed by atoms with Crippen LogP contribution in [0.1, 0.15) is 127 Å². The maximum Gasteiger partial charge on any atom is -0.0172 e. The fraction of sp³-hybridized carbons (Fsp3) is 0.938. The summed E-state index contributed by atoms with van der Waals surface area (Å²) >= 11 is 0. The summed E-state index contributed by atoms with van der Waals surface area (Å²) in [5, 5.41) is 0. The largest absolute Gasteiger partial charge is 0.0998 e. The summed E-state index contributed by atoms with van der Waals surface area (Å²) in [6.07, 6.45) is 14.6. The van der Waals surface area contributed by atoms with Crippen LogP contribution in [0.15, 0.2) is 12.2 Å². The van der Waals surface area contributed by atoms with Crippen LogP contribution in [-0.2, 0) is 0 Å². The van der Waals surface area contributed by atoms with Crippen molar-refractivity contribution in [1.29, 1.82) is 0 Å². The smallest absolute Gasteiger partial charge is 0.0172 e. The molecule has 32 heavy (non-hydrogen) atoms. The fourth-order valence-electron chi connectivity index (χ4n) is 11.8. The second kappa shape index (κ2) is 6.69. The Morgan fingerprint density at radius 3 is 2.00 bits per heavy atom. The molecule has 0 saturated heterocycles. The van der Waals surface area contributed by atoms with Gasteiger partial charge in [0.25, 0.3) is 0 Å². The summed E-state index contributed by atoms with van der Waals surface area (Å²) in [6.45, 7) is 28.3. The van der Waals surface area contributed by atoms with Crippen LogP contribution in [0.3, 0.4) is 0 Å². The van der Waals surface area contributed by atoms with Crippen molar-refractivity contribution >= 4 is 0 Å². The van der Waals surface area contributed by atoms with Crippen molar-refractivity contribution in [3.05, 3.63) is 12.2 Å². The van der Waals surface area contributed by atoms with Crippen LogP contribution in [0.5, 0.6) is 0 Å². The topological polar surface area (TPSA) is 0 Å². The lowest BCUT2D eigenvalue weighted by Crippen LogP contribution is -2.66. The van der Waals surface area contributed by atoms with Crippen molar-refractivity contribution in [2.45, 2.75) is 127 Å². The lowest BCUT2D eigenvalue weighted by Gasteiger charge is -2.74. The lowest BCUT2D eigenvalue weighted by molar-refractivity contribution is -0.249. The van der Waals surface area contributed by atoms with Gasteiger partial charge in [0.05, 0.1) is 0 Å². The third kappa shape index (κ3) is 2.62. The van der Waals surface area contributed by atoms with Crippen molar-refractivity contribution in [3.63, 3.8) is 0 Å². The van der Waals surface area contributed by atoms with E-state index in [4.69, 9.17) is 0 Å². The van der Waals surface area contributed by atoms with Gasteiger partial charge in [-0.05, 0) is 133 Å². The molecule has 0 amide bonds. The predicted octanol–water partition coefficient (Wildman–Crippen LogP) is 9.69. The molecule has 0 radical (unpaired) electrons. The van der Waals surface area contributed by atoms with Crippen molar-refractivity contribution < 1.29 is 0 Å². The highest BCUT2D eigenvalue weighted by Crippen LogP contribution is 2.78. The average molecular weight is 439 g/mol. The molecule has 0 nitrogen and oxygen atoms in total. The Morgan fingerprint density at radius 2 is 1.34 bits per heavy atom. The van der Waals surface area contributed by atoms with E-state index in [0.29, 0.717) is 32.5 Å². The Morgan fingerprint density at radius 1 is 0.656 bits per heavy atom. The summed E-state index contributed by atoms with van der Waals surface area (Å²) in [7, 11) is 0. The fourth-order valence-corrected chi connectivity index (χ4v) is 11.8. The SMILES string of the molecule is C=C(C)C1CCC2(C)CCC3(C)C(CCC4C5(C)CCC(C)(C)C(C)(C)C5CCC43C)C12. The van der Waals surface area contributed by atoms with Crippen LogP contribution in [0.2, 0.25) is 0 Å². The Hall–Kier alpha value is -0.260. The predicted molar refractivity (Wildman–Crippen MR) is 138 cm³/mol. The molecule has 5 rings (SSSR count). The van der Waals surface area contributed by atoms with Crippen LogP contribution in [0.4, 0.5) is 0 Å². The van der Waals surface area contributed by atoms with E-state index in [1.165, 1.54) is 69.8 Å². The van der Waals surface area contributed by atoms with Gasteiger partial charge in [-0.25, -0.2) is 0 Å². The molecular formula is C32H54. The number of rotatable bonds is 1. The second-order valence-electron chi connectivity index (χ2n) is 15.9. The van der Waals surface area contributed by atoms with Gasteiger partial charge in [0.15, 0.2) is 0 Å². The highest BCUT2D eigenvalue weighted by Gasteiger charge is 2.70. The second-order valence-corrected chi connectivity index (χ2v) is 15.9. The van der Waals surface area contributed by atoms with E-state index >= 15 is 0 Å². The Labute approximate surface area is 200 Å². The molecule has 5 fully saturated rings. The maximum absolute atomic E-state index is 4.51. The molecule has 182 valence electrons. The molecule has 0 heteroatoms. The number of allylic oxidation sites excluding steroid dienone is 1. The molecule has 9 unspecified atom stereocenters. The first-order valence-corrected chi connectivity index (χ1v) is 14.3. The zero-order chi connectivity index (χ0) is 23.5. The molecule has 0 N–H and O–H groups in total. The summed E-state index contributed by atoms with van der Waals surface area (Å²) < 4.78 is 0. The van der Waals surface area contributed by atoms with Gasteiger partial charge in [0.2, 0.25) is 0 Å². The first-order valence-electron chi connectivity index (χ1n) is 14.3. The average Bonchev–Trinajstić information content (AvgIpc) is 3.04. The molecule has 5 saturated carbocycles. The summed E-state index contributed by atoms with van der Waals surface area (Å²) in [5.41, 5.74) is 4.55. The minimum atomic E-state index is 0.445. The maximum atomic E-state index is 4.51. The van der Waals surface area contributed by atoms with E-state index in [2.05, 4.69) is 68.9 Å². The van der Waals surface area contributed by atoms with Crippen LogP contribution in [0, 0.1) is 62.1 Å². The zero-order valence-electron chi connectivity index (χ0n) is 23.2. The van der Waals surface area contributed by atoms with Gasteiger partial charge in [-0.2, -0.15) is 0 Å². The van der Waals surface area contributed by atoms with Gasteiger partial charge in [-0.15, -0.1) is 0 Å². The minimum absolute atomic E-state index is 0.445. The van der Waals surface area contributed by atoms with E-state index in [-0.39, 0.29) is 0 Å². The molecule has 0 heterocycles. The quantitative estimate of drug-likeness (QED) is 0.357. The van der Waals surface area contributed by atoms with Crippen LogP contribution in [-0.4, -0.2) is 0 Å². The summed E-state index contributed by atoms with van der Waals surface area (Å²) in [6, 6.07) is 0. The molecule has 0 aromatic heterocycles. The van der Waals surface area contributed by atoms with Gasteiger partial charge in [-0.1, -0.05) is 67.5 Å². The molecule has 0 bridgehead atoms. The number of hydrogen-bond donors (Lipinski definition) is 0. The molecule has 0 aromatic carbocycles. The Bertz CT molecular complexity index is 801. The molecular weight excluding hydrogens is 384 g/mol. The van der Waals surface area contributed by atoms with E-state index in [9.17, 15) is 0 Å². The molecule has 0 aromatic rings. The van der Waals surface area contributed by atoms with Crippen molar-refractivity contribution in [1.82, 2.24) is 0 Å². The number of fused-ring (bicyclic) bond motifs is 7. The lowest BCUT2D eigenvalue weighted by atomic mass is 9.31. The Balaban J connectivity index is 1.54.